The minimum Gasteiger partial charge on any atom is -0.338 e. The molecule has 4 aromatic rings. The van der Waals surface area contributed by atoms with E-state index in [9.17, 15) is 0 Å². The molecule has 5 rings (SSSR count). The third-order valence-electron chi connectivity index (χ3n) is 5.28. The van der Waals surface area contributed by atoms with Gasteiger partial charge in [0.25, 0.3) is 0 Å². The van der Waals surface area contributed by atoms with Gasteiger partial charge in [0, 0.05) is 35.4 Å². The largest absolute Gasteiger partial charge is 0.338 e. The molecule has 3 heterocycles. The van der Waals surface area contributed by atoms with Crippen LogP contribution in [0.3, 0.4) is 0 Å². The van der Waals surface area contributed by atoms with Crippen LogP contribution in [0.4, 0.5) is 11.5 Å². The van der Waals surface area contributed by atoms with Crippen LogP contribution < -0.4 is 5.32 Å². The highest BCUT2D eigenvalue weighted by atomic mass is 15.3. The molecule has 132 valence electrons. The fraction of sp³-hybridized carbons (Fsp3) is 0.350. The summed E-state index contributed by atoms with van der Waals surface area (Å²) in [5, 5.41) is 13.8. The van der Waals surface area contributed by atoms with Gasteiger partial charge in [-0.15, -0.1) is 0 Å². The molecule has 6 heteroatoms. The normalized spacial score (nSPS) is 15.0. The molecule has 1 aliphatic carbocycles. The van der Waals surface area contributed by atoms with Crippen molar-refractivity contribution in [2.75, 3.05) is 5.32 Å². The van der Waals surface area contributed by atoms with Crippen molar-refractivity contribution >= 4 is 27.9 Å². The van der Waals surface area contributed by atoms with Gasteiger partial charge in [-0.2, -0.15) is 10.2 Å². The fourth-order valence-electron chi connectivity index (χ4n) is 3.62. The van der Waals surface area contributed by atoms with Crippen LogP contribution in [0.1, 0.15) is 50.8 Å². The zero-order valence-electron chi connectivity index (χ0n) is 15.1. The molecule has 6 nitrogen and oxygen atoms in total. The van der Waals surface area contributed by atoms with Crippen LogP contribution in [0.5, 0.6) is 0 Å². The van der Waals surface area contributed by atoms with Crippen molar-refractivity contribution in [3.05, 3.63) is 48.5 Å². The van der Waals surface area contributed by atoms with Gasteiger partial charge >= 0.3 is 0 Å². The minimum absolute atomic E-state index is 0.346. The number of nitrogens with one attached hydrogen (secondary N) is 1. The molecule has 1 fully saturated rings. The van der Waals surface area contributed by atoms with Gasteiger partial charge in [0.2, 0.25) is 0 Å². The Balaban J connectivity index is 1.50. The molecule has 0 aliphatic heterocycles. The van der Waals surface area contributed by atoms with Crippen molar-refractivity contribution in [3.8, 4) is 0 Å². The predicted molar refractivity (Wildman–Crippen MR) is 103 cm³/mol. The van der Waals surface area contributed by atoms with Crippen LogP contribution in [0.2, 0.25) is 0 Å². The number of rotatable bonds is 4. The van der Waals surface area contributed by atoms with E-state index in [0.717, 1.165) is 27.9 Å². The lowest BCUT2D eigenvalue weighted by molar-refractivity contribution is 0.409. The van der Waals surface area contributed by atoms with Crippen molar-refractivity contribution < 1.29 is 0 Å². The maximum atomic E-state index is 4.73. The van der Waals surface area contributed by atoms with Gasteiger partial charge in [0.15, 0.2) is 5.82 Å². The molecule has 26 heavy (non-hydrogen) atoms. The Morgan fingerprint density at radius 2 is 2.04 bits per heavy atom. The Hall–Kier alpha value is -2.89. The zero-order valence-corrected chi connectivity index (χ0v) is 15.1. The molecule has 3 aromatic heterocycles. The first-order valence-corrected chi connectivity index (χ1v) is 9.27. The number of benzene rings is 1. The summed E-state index contributed by atoms with van der Waals surface area (Å²) in [4.78, 5) is 4.54. The van der Waals surface area contributed by atoms with E-state index in [-0.39, 0.29) is 0 Å². The standard InChI is InChI=1S/C20H22N6/c1-13(2)26-18-7-6-16(10-15(18)12-22-26)23-20-19-11-17(14-4-3-5-14)24-25(19)9-8-21-20/h6-14H,3-5H2,1-2H3,(H,21,23). The third kappa shape index (κ3) is 2.44. The predicted octanol–water partition coefficient (Wildman–Crippen LogP) is 4.67. The van der Waals surface area contributed by atoms with E-state index in [1.54, 1.807) is 6.20 Å². The number of fused-ring (bicyclic) bond motifs is 2. The third-order valence-corrected chi connectivity index (χ3v) is 5.28. The van der Waals surface area contributed by atoms with Gasteiger partial charge in [-0.1, -0.05) is 6.42 Å². The second-order valence-electron chi connectivity index (χ2n) is 7.38. The monoisotopic (exact) mass is 346 g/mol. The summed E-state index contributed by atoms with van der Waals surface area (Å²) >= 11 is 0. The summed E-state index contributed by atoms with van der Waals surface area (Å²) < 4.78 is 3.97. The highest BCUT2D eigenvalue weighted by Gasteiger charge is 2.23. The molecular formula is C20H22N6. The van der Waals surface area contributed by atoms with E-state index in [4.69, 9.17) is 5.10 Å². The van der Waals surface area contributed by atoms with Gasteiger partial charge in [-0.05, 0) is 51.0 Å². The van der Waals surface area contributed by atoms with Crippen molar-refractivity contribution in [1.29, 1.82) is 0 Å². The van der Waals surface area contributed by atoms with Crippen molar-refractivity contribution in [3.63, 3.8) is 0 Å². The van der Waals surface area contributed by atoms with Crippen LogP contribution in [-0.2, 0) is 0 Å². The summed E-state index contributed by atoms with van der Waals surface area (Å²) in [6.45, 7) is 4.28. The number of hydrogen-bond acceptors (Lipinski definition) is 4. The van der Waals surface area contributed by atoms with E-state index >= 15 is 0 Å². The number of anilines is 2. The smallest absolute Gasteiger partial charge is 0.156 e. The van der Waals surface area contributed by atoms with Crippen molar-refractivity contribution in [2.45, 2.75) is 45.1 Å². The maximum absolute atomic E-state index is 4.73. The summed E-state index contributed by atoms with van der Waals surface area (Å²) in [6, 6.07) is 8.83. The maximum Gasteiger partial charge on any atom is 0.156 e. The van der Waals surface area contributed by atoms with Crippen LogP contribution in [-0.4, -0.2) is 24.4 Å². The summed E-state index contributed by atoms with van der Waals surface area (Å²) in [6.07, 6.45) is 9.43. The second kappa shape index (κ2) is 5.83. The highest BCUT2D eigenvalue weighted by molar-refractivity contribution is 5.84. The molecule has 0 radical (unpaired) electrons. The minimum atomic E-state index is 0.346. The summed E-state index contributed by atoms with van der Waals surface area (Å²) in [5.74, 6) is 1.45. The SMILES string of the molecule is CC(C)n1ncc2cc(Nc3nccn4nc(C5CCC5)cc34)ccc21. The average Bonchev–Trinajstić information content (AvgIpc) is 3.17. The molecule has 1 N–H and O–H groups in total. The molecule has 1 saturated carbocycles. The van der Waals surface area contributed by atoms with Gasteiger partial charge in [0.05, 0.1) is 17.4 Å². The van der Waals surface area contributed by atoms with E-state index < -0.39 is 0 Å². The topological polar surface area (TPSA) is 60.0 Å². The average molecular weight is 346 g/mol. The molecule has 0 atom stereocenters. The zero-order chi connectivity index (χ0) is 17.7. The van der Waals surface area contributed by atoms with E-state index in [0.29, 0.717) is 12.0 Å². The Morgan fingerprint density at radius 1 is 1.15 bits per heavy atom. The molecule has 0 saturated heterocycles. The van der Waals surface area contributed by atoms with Gasteiger partial charge in [0.1, 0.15) is 5.52 Å². The molecule has 0 spiro atoms. The molecule has 0 amide bonds. The second-order valence-corrected chi connectivity index (χ2v) is 7.38. The Morgan fingerprint density at radius 3 is 2.81 bits per heavy atom. The lowest BCUT2D eigenvalue weighted by Gasteiger charge is -2.22. The van der Waals surface area contributed by atoms with Gasteiger partial charge in [-0.3, -0.25) is 4.68 Å². The van der Waals surface area contributed by atoms with E-state index in [1.165, 1.54) is 25.0 Å². The van der Waals surface area contributed by atoms with Crippen LogP contribution >= 0.6 is 0 Å². The molecule has 0 bridgehead atoms. The van der Waals surface area contributed by atoms with Gasteiger partial charge in [-0.25, -0.2) is 9.50 Å². The lowest BCUT2D eigenvalue weighted by atomic mass is 9.83. The lowest BCUT2D eigenvalue weighted by Crippen LogP contribution is -2.09. The molecule has 1 aliphatic rings. The van der Waals surface area contributed by atoms with Crippen LogP contribution in [0, 0.1) is 0 Å². The van der Waals surface area contributed by atoms with E-state index in [1.807, 2.05) is 21.6 Å². The first-order chi connectivity index (χ1) is 12.7. The Bertz CT molecular complexity index is 1090. The first-order valence-electron chi connectivity index (χ1n) is 9.27. The van der Waals surface area contributed by atoms with E-state index in [2.05, 4.69) is 53.5 Å². The summed E-state index contributed by atoms with van der Waals surface area (Å²) in [7, 11) is 0. The quantitative estimate of drug-likeness (QED) is 0.583. The van der Waals surface area contributed by atoms with Crippen LogP contribution in [0.15, 0.2) is 42.9 Å². The summed E-state index contributed by atoms with van der Waals surface area (Å²) in [5.41, 5.74) is 4.36. The number of aromatic nitrogens is 5. The molecular weight excluding hydrogens is 324 g/mol. The fourth-order valence-corrected chi connectivity index (χ4v) is 3.62. The molecule has 1 aromatic carbocycles. The molecule has 0 unspecified atom stereocenters. The highest BCUT2D eigenvalue weighted by Crippen LogP contribution is 2.36. The van der Waals surface area contributed by atoms with Crippen LogP contribution in [0.25, 0.3) is 16.4 Å². The van der Waals surface area contributed by atoms with Crippen molar-refractivity contribution in [2.24, 2.45) is 0 Å². The van der Waals surface area contributed by atoms with Gasteiger partial charge < -0.3 is 5.32 Å². The first kappa shape index (κ1) is 15.4. The number of hydrogen-bond donors (Lipinski definition) is 1. The van der Waals surface area contributed by atoms with Crippen molar-refractivity contribution in [1.82, 2.24) is 24.4 Å². The number of nitrogens with zero attached hydrogens (tertiary/aromatic N) is 5. The Labute approximate surface area is 151 Å². The Kier molecular flexibility index (Phi) is 3.45.